The van der Waals surface area contributed by atoms with Crippen molar-refractivity contribution < 1.29 is 18.3 Å². The minimum atomic E-state index is -3.80. The number of nitrogens with one attached hydrogen (secondary N) is 1. The van der Waals surface area contributed by atoms with Crippen LogP contribution in [0.5, 0.6) is 0 Å². The molecule has 1 aromatic heterocycles. The Balaban J connectivity index is 3.42. The lowest BCUT2D eigenvalue weighted by atomic mass is 10.2. The number of carboxylic acid groups (broad SMARTS) is 1. The first kappa shape index (κ1) is 16.3. The van der Waals surface area contributed by atoms with Gasteiger partial charge in [0.25, 0.3) is 0 Å². The van der Waals surface area contributed by atoms with Gasteiger partial charge < -0.3 is 10.1 Å². The van der Waals surface area contributed by atoms with Gasteiger partial charge in [-0.05, 0) is 20.3 Å². The number of carbonyl (C=O) groups is 1. The second-order valence-electron chi connectivity index (χ2n) is 4.43. The maximum atomic E-state index is 12.6. The van der Waals surface area contributed by atoms with E-state index in [1.165, 1.54) is 18.2 Å². The number of aryl methyl sites for hydroxylation is 1. The van der Waals surface area contributed by atoms with E-state index in [2.05, 4.69) is 10.9 Å². The van der Waals surface area contributed by atoms with Crippen LogP contribution in [0.4, 0.5) is 0 Å². The fourth-order valence-corrected chi connectivity index (χ4v) is 3.95. The summed E-state index contributed by atoms with van der Waals surface area (Å²) in [5.41, 5.74) is 0.393. The largest absolute Gasteiger partial charge is 0.477 e. The third kappa shape index (κ3) is 2.86. The van der Waals surface area contributed by atoms with Crippen molar-refractivity contribution in [1.29, 1.82) is 0 Å². The second kappa shape index (κ2) is 6.11. The average Bonchev–Trinajstić information content (AvgIpc) is 2.65. The fourth-order valence-electron chi connectivity index (χ4n) is 2.10. The van der Waals surface area contributed by atoms with Crippen molar-refractivity contribution in [2.75, 3.05) is 13.1 Å². The van der Waals surface area contributed by atoms with Gasteiger partial charge in [0.15, 0.2) is 0 Å². The van der Waals surface area contributed by atoms with E-state index in [0.717, 1.165) is 0 Å². The van der Waals surface area contributed by atoms with E-state index < -0.39 is 16.0 Å². The summed E-state index contributed by atoms with van der Waals surface area (Å²) >= 11 is 0. The van der Waals surface area contributed by atoms with E-state index in [1.54, 1.807) is 0 Å². The van der Waals surface area contributed by atoms with E-state index in [0.29, 0.717) is 18.7 Å². The Labute approximate surface area is 118 Å². The molecule has 0 bridgehead atoms. The number of hydrogen-bond acceptors (Lipinski definition) is 3. The molecule has 0 aliphatic rings. The van der Waals surface area contributed by atoms with Gasteiger partial charge in [-0.2, -0.15) is 4.31 Å². The van der Waals surface area contributed by atoms with Gasteiger partial charge in [0.05, 0.1) is 6.54 Å². The number of aromatic amines is 1. The zero-order chi connectivity index (χ0) is 15.5. The Morgan fingerprint density at radius 2 is 2.05 bits per heavy atom. The van der Waals surface area contributed by atoms with Crippen molar-refractivity contribution in [3.05, 3.63) is 17.0 Å². The first-order valence-electron chi connectivity index (χ1n) is 6.13. The second-order valence-corrected chi connectivity index (χ2v) is 6.30. The number of aromatic carboxylic acids is 1. The Kier molecular flexibility index (Phi) is 4.98. The highest BCUT2D eigenvalue weighted by Gasteiger charge is 2.30. The summed E-state index contributed by atoms with van der Waals surface area (Å²) in [4.78, 5) is 13.7. The maximum absolute atomic E-state index is 12.6. The topological polar surface area (TPSA) is 90.5 Å². The molecule has 0 saturated heterocycles. The molecule has 6 nitrogen and oxygen atoms in total. The summed E-state index contributed by atoms with van der Waals surface area (Å²) in [5.74, 6) is 1.13. The van der Waals surface area contributed by atoms with Gasteiger partial charge in [0, 0.05) is 17.8 Å². The molecular weight excluding hydrogens is 280 g/mol. The Morgan fingerprint density at radius 1 is 1.45 bits per heavy atom. The molecule has 1 aromatic rings. The number of aromatic nitrogens is 1. The number of sulfonamides is 1. The summed E-state index contributed by atoms with van der Waals surface area (Å²) in [6.45, 7) is 5.10. The standard InChI is InChI=1S/C13H18N2O4S/c1-5-7-15(8-6-2)20(18,19)12-9(3)11(13(16)17)14-10(12)4/h1,14H,6-8H2,2-4H3,(H,16,17). The molecule has 0 aliphatic heterocycles. The minimum absolute atomic E-state index is 0.00130. The highest BCUT2D eigenvalue weighted by atomic mass is 32.2. The zero-order valence-electron chi connectivity index (χ0n) is 11.7. The molecule has 1 heterocycles. The molecule has 0 amide bonds. The van der Waals surface area contributed by atoms with Crippen molar-refractivity contribution in [1.82, 2.24) is 9.29 Å². The first-order valence-corrected chi connectivity index (χ1v) is 7.57. The van der Waals surface area contributed by atoms with E-state index in [-0.39, 0.29) is 22.7 Å². The number of rotatable bonds is 6. The molecule has 0 fully saturated rings. The molecule has 0 atom stereocenters. The van der Waals surface area contributed by atoms with Crippen molar-refractivity contribution in [2.24, 2.45) is 0 Å². The summed E-state index contributed by atoms with van der Waals surface area (Å²) in [6, 6.07) is 0. The zero-order valence-corrected chi connectivity index (χ0v) is 12.5. The van der Waals surface area contributed by atoms with E-state index >= 15 is 0 Å². The van der Waals surface area contributed by atoms with Crippen molar-refractivity contribution >= 4 is 16.0 Å². The van der Waals surface area contributed by atoms with Gasteiger partial charge in [-0.25, -0.2) is 13.2 Å². The monoisotopic (exact) mass is 298 g/mol. The van der Waals surface area contributed by atoms with Crippen molar-refractivity contribution in [3.63, 3.8) is 0 Å². The third-order valence-electron chi connectivity index (χ3n) is 2.92. The molecule has 0 spiro atoms. The highest BCUT2D eigenvalue weighted by molar-refractivity contribution is 7.89. The number of hydrogen-bond donors (Lipinski definition) is 2. The first-order chi connectivity index (χ1) is 9.27. The normalized spacial score (nSPS) is 11.6. The third-order valence-corrected chi connectivity index (χ3v) is 5.04. The van der Waals surface area contributed by atoms with Gasteiger partial charge in [-0.15, -0.1) is 6.42 Å². The fraction of sp³-hybridized carbons (Fsp3) is 0.462. The van der Waals surface area contributed by atoms with E-state index in [4.69, 9.17) is 11.5 Å². The van der Waals surface area contributed by atoms with Crippen molar-refractivity contribution in [2.45, 2.75) is 32.1 Å². The van der Waals surface area contributed by atoms with Crippen LogP contribution in [0.25, 0.3) is 0 Å². The molecule has 20 heavy (non-hydrogen) atoms. The van der Waals surface area contributed by atoms with E-state index in [9.17, 15) is 13.2 Å². The average molecular weight is 298 g/mol. The summed E-state index contributed by atoms with van der Waals surface area (Å²) in [6.07, 6.45) is 5.83. The van der Waals surface area contributed by atoms with Gasteiger partial charge >= 0.3 is 5.97 Å². The van der Waals surface area contributed by atoms with Crippen LogP contribution in [-0.4, -0.2) is 41.9 Å². The van der Waals surface area contributed by atoms with Crippen LogP contribution in [0.1, 0.15) is 35.1 Å². The number of H-pyrrole nitrogens is 1. The number of terminal acetylenes is 1. The molecule has 2 N–H and O–H groups in total. The van der Waals surface area contributed by atoms with Crippen LogP contribution in [0.3, 0.4) is 0 Å². The van der Waals surface area contributed by atoms with Crippen molar-refractivity contribution in [3.8, 4) is 12.3 Å². The highest BCUT2D eigenvalue weighted by Crippen LogP contribution is 2.26. The maximum Gasteiger partial charge on any atom is 0.352 e. The molecule has 0 aromatic carbocycles. The Bertz CT molecular complexity index is 653. The van der Waals surface area contributed by atoms with Gasteiger partial charge in [-0.1, -0.05) is 12.8 Å². The van der Waals surface area contributed by atoms with Gasteiger partial charge in [0.2, 0.25) is 10.0 Å². The summed E-state index contributed by atoms with van der Waals surface area (Å²) < 4.78 is 26.4. The smallest absolute Gasteiger partial charge is 0.352 e. The molecule has 1 rings (SSSR count). The van der Waals surface area contributed by atoms with Gasteiger partial charge in [0.1, 0.15) is 10.6 Å². The lowest BCUT2D eigenvalue weighted by molar-refractivity contribution is 0.0690. The van der Waals surface area contributed by atoms with Crippen LogP contribution >= 0.6 is 0 Å². The predicted octanol–water partition coefficient (Wildman–Crippen LogP) is 1.36. The molecular formula is C13H18N2O4S. The molecule has 0 aliphatic carbocycles. The van der Waals surface area contributed by atoms with Crippen LogP contribution in [-0.2, 0) is 10.0 Å². The summed E-state index contributed by atoms with van der Waals surface area (Å²) in [5, 5.41) is 9.04. The summed E-state index contributed by atoms with van der Waals surface area (Å²) in [7, 11) is -3.80. The predicted molar refractivity (Wildman–Crippen MR) is 75.1 cm³/mol. The number of nitrogens with zero attached hydrogens (tertiary/aromatic N) is 1. The molecule has 7 heteroatoms. The van der Waals surface area contributed by atoms with Crippen LogP contribution in [0.15, 0.2) is 4.90 Å². The van der Waals surface area contributed by atoms with Crippen LogP contribution < -0.4 is 0 Å². The molecule has 0 radical (unpaired) electrons. The SMILES string of the molecule is C#CCN(CCC)S(=O)(=O)c1c(C)[nH]c(C(=O)O)c1C. The Hall–Kier alpha value is -1.78. The molecule has 0 saturated carbocycles. The van der Waals surface area contributed by atoms with Gasteiger partial charge in [-0.3, -0.25) is 0 Å². The Morgan fingerprint density at radius 3 is 2.45 bits per heavy atom. The van der Waals surface area contributed by atoms with Crippen LogP contribution in [0.2, 0.25) is 0 Å². The molecule has 110 valence electrons. The lowest BCUT2D eigenvalue weighted by Crippen LogP contribution is -2.32. The van der Waals surface area contributed by atoms with Crippen LogP contribution in [0, 0.1) is 26.2 Å². The number of carboxylic acids is 1. The molecule has 0 unspecified atom stereocenters. The quantitative estimate of drug-likeness (QED) is 0.776. The van der Waals surface area contributed by atoms with E-state index in [1.807, 2.05) is 6.92 Å². The lowest BCUT2D eigenvalue weighted by Gasteiger charge is -2.19. The minimum Gasteiger partial charge on any atom is -0.477 e.